The zero-order chi connectivity index (χ0) is 20.5. The highest BCUT2D eigenvalue weighted by Crippen LogP contribution is 2.39. The van der Waals surface area contributed by atoms with E-state index in [0.29, 0.717) is 29.7 Å². The fourth-order valence-corrected chi connectivity index (χ4v) is 3.68. The summed E-state index contributed by atoms with van der Waals surface area (Å²) in [5, 5.41) is 2.35. The van der Waals surface area contributed by atoms with Gasteiger partial charge in [-0.25, -0.2) is 14.1 Å². The molecule has 1 aliphatic carbocycles. The Labute approximate surface area is 170 Å². The Hall–Kier alpha value is -3.19. The molecule has 0 saturated carbocycles. The maximum absolute atomic E-state index is 14.6. The highest BCUT2D eigenvalue weighted by atomic mass is 35.5. The number of benzene rings is 2. The molecule has 2 aliphatic rings. The predicted octanol–water partition coefficient (Wildman–Crippen LogP) is 4.83. The Kier molecular flexibility index (Phi) is 5.07. The van der Waals surface area contributed by atoms with Crippen molar-refractivity contribution < 1.29 is 23.5 Å². The first-order valence-corrected chi connectivity index (χ1v) is 9.47. The van der Waals surface area contributed by atoms with Crippen molar-refractivity contribution >= 4 is 40.9 Å². The summed E-state index contributed by atoms with van der Waals surface area (Å²) in [4.78, 5) is 38.3. The molecule has 1 heterocycles. The number of para-hydroxylation sites is 1. The molecule has 0 unspecified atom stereocenters. The van der Waals surface area contributed by atoms with E-state index in [4.69, 9.17) is 16.3 Å². The van der Waals surface area contributed by atoms with Crippen molar-refractivity contribution in [2.24, 2.45) is 0 Å². The minimum absolute atomic E-state index is 0.161. The number of carbonyl (C=O) groups is 3. The number of amides is 3. The molecule has 2 aromatic rings. The Bertz CT molecular complexity index is 1020. The maximum atomic E-state index is 14.6. The van der Waals surface area contributed by atoms with Crippen LogP contribution in [0.25, 0.3) is 0 Å². The molecule has 8 heteroatoms. The van der Waals surface area contributed by atoms with Crippen LogP contribution >= 0.6 is 11.6 Å². The van der Waals surface area contributed by atoms with Crippen LogP contribution in [0.5, 0.6) is 5.75 Å². The topological polar surface area (TPSA) is 75.7 Å². The van der Waals surface area contributed by atoms with Gasteiger partial charge in [0.15, 0.2) is 5.75 Å². The first-order chi connectivity index (χ1) is 14.0. The van der Waals surface area contributed by atoms with Gasteiger partial charge >= 0.3 is 6.09 Å². The largest absolute Gasteiger partial charge is 0.417 e. The zero-order valence-corrected chi connectivity index (χ0v) is 16.0. The van der Waals surface area contributed by atoms with Crippen molar-refractivity contribution in [3.63, 3.8) is 0 Å². The average Bonchev–Trinajstić information content (AvgIpc) is 2.96. The Morgan fingerprint density at radius 2 is 1.66 bits per heavy atom. The molecule has 6 nitrogen and oxygen atoms in total. The van der Waals surface area contributed by atoms with Crippen LogP contribution < -0.4 is 15.0 Å². The third kappa shape index (κ3) is 3.61. The molecule has 0 spiro atoms. The van der Waals surface area contributed by atoms with Crippen LogP contribution in [0.2, 0.25) is 5.02 Å². The van der Waals surface area contributed by atoms with Crippen LogP contribution in [-0.2, 0) is 9.59 Å². The molecule has 1 N–H and O–H groups in total. The van der Waals surface area contributed by atoms with E-state index >= 15 is 0 Å². The van der Waals surface area contributed by atoms with Crippen molar-refractivity contribution in [1.82, 2.24) is 0 Å². The number of hydrogen-bond donors (Lipinski definition) is 1. The Balaban J connectivity index is 1.60. The van der Waals surface area contributed by atoms with Crippen molar-refractivity contribution in [3.8, 4) is 5.75 Å². The maximum Gasteiger partial charge on any atom is 0.417 e. The van der Waals surface area contributed by atoms with Gasteiger partial charge in [0.2, 0.25) is 0 Å². The van der Waals surface area contributed by atoms with Gasteiger partial charge in [-0.15, -0.1) is 0 Å². The average molecular weight is 415 g/mol. The molecule has 3 amide bonds. The van der Waals surface area contributed by atoms with Gasteiger partial charge < -0.3 is 4.74 Å². The number of hydrogen-bond acceptors (Lipinski definition) is 4. The third-order valence-corrected chi connectivity index (χ3v) is 5.15. The summed E-state index contributed by atoms with van der Waals surface area (Å²) in [5.41, 5.74) is 1.07. The van der Waals surface area contributed by atoms with Crippen molar-refractivity contribution in [3.05, 3.63) is 64.5 Å². The van der Waals surface area contributed by atoms with E-state index in [-0.39, 0.29) is 16.5 Å². The Morgan fingerprint density at radius 1 is 1.03 bits per heavy atom. The minimum atomic E-state index is -0.854. The number of rotatable bonds is 3. The summed E-state index contributed by atoms with van der Waals surface area (Å²) >= 11 is 6.01. The second kappa shape index (κ2) is 7.67. The minimum Gasteiger partial charge on any atom is -0.408 e. The van der Waals surface area contributed by atoms with E-state index in [0.717, 1.165) is 29.9 Å². The SMILES string of the molecule is O=C(Nc1ccccc1)Oc1cc(N2C(=O)C3=C(CCCC3)C2=O)c(F)cc1Cl. The predicted molar refractivity (Wildman–Crippen MR) is 105 cm³/mol. The van der Waals surface area contributed by atoms with E-state index in [2.05, 4.69) is 5.32 Å². The van der Waals surface area contributed by atoms with Crippen LogP contribution in [0.15, 0.2) is 53.6 Å². The van der Waals surface area contributed by atoms with Gasteiger partial charge in [0.1, 0.15) is 5.82 Å². The fraction of sp³-hybridized carbons (Fsp3) is 0.190. The Morgan fingerprint density at radius 3 is 2.28 bits per heavy atom. The molecule has 0 bridgehead atoms. The van der Waals surface area contributed by atoms with E-state index < -0.39 is 23.7 Å². The molecule has 0 radical (unpaired) electrons. The molecule has 0 fully saturated rings. The third-order valence-electron chi connectivity index (χ3n) is 4.86. The van der Waals surface area contributed by atoms with Crippen LogP contribution in [0.3, 0.4) is 0 Å². The summed E-state index contributed by atoms with van der Waals surface area (Å²) in [5.74, 6) is -2.09. The van der Waals surface area contributed by atoms with Gasteiger partial charge in [0, 0.05) is 22.9 Å². The lowest BCUT2D eigenvalue weighted by atomic mass is 9.93. The van der Waals surface area contributed by atoms with Gasteiger partial charge in [-0.2, -0.15) is 0 Å². The molecule has 0 saturated heterocycles. The molecular formula is C21H16ClFN2O4. The zero-order valence-electron chi connectivity index (χ0n) is 15.2. The molecule has 1 aliphatic heterocycles. The number of nitrogens with zero attached hydrogens (tertiary/aromatic N) is 1. The molecule has 29 heavy (non-hydrogen) atoms. The van der Waals surface area contributed by atoms with E-state index in [1.54, 1.807) is 30.3 Å². The number of anilines is 2. The van der Waals surface area contributed by atoms with Crippen LogP contribution in [0.1, 0.15) is 25.7 Å². The first kappa shape index (κ1) is 19.1. The molecule has 0 atom stereocenters. The number of nitrogens with one attached hydrogen (secondary N) is 1. The summed E-state index contributed by atoms with van der Waals surface area (Å²) in [6.45, 7) is 0. The van der Waals surface area contributed by atoms with Crippen molar-refractivity contribution in [2.75, 3.05) is 10.2 Å². The van der Waals surface area contributed by atoms with Gasteiger partial charge in [-0.3, -0.25) is 14.9 Å². The van der Waals surface area contributed by atoms with E-state index in [1.165, 1.54) is 0 Å². The van der Waals surface area contributed by atoms with Gasteiger partial charge in [-0.1, -0.05) is 29.8 Å². The number of ether oxygens (including phenoxy) is 1. The molecule has 0 aromatic heterocycles. The lowest BCUT2D eigenvalue weighted by molar-refractivity contribution is -0.120. The first-order valence-electron chi connectivity index (χ1n) is 9.09. The number of halogens is 2. The monoisotopic (exact) mass is 414 g/mol. The smallest absolute Gasteiger partial charge is 0.408 e. The fourth-order valence-electron chi connectivity index (χ4n) is 3.49. The van der Waals surface area contributed by atoms with Gasteiger partial charge in [0.05, 0.1) is 10.7 Å². The van der Waals surface area contributed by atoms with Gasteiger partial charge in [0.25, 0.3) is 11.8 Å². The van der Waals surface area contributed by atoms with E-state index in [1.807, 2.05) is 0 Å². The summed E-state index contributed by atoms with van der Waals surface area (Å²) in [7, 11) is 0. The second-order valence-electron chi connectivity index (χ2n) is 6.72. The van der Waals surface area contributed by atoms with Crippen molar-refractivity contribution in [2.45, 2.75) is 25.7 Å². The van der Waals surface area contributed by atoms with Crippen LogP contribution in [0, 0.1) is 5.82 Å². The molecule has 148 valence electrons. The quantitative estimate of drug-likeness (QED) is 0.729. The number of imide groups is 1. The van der Waals surface area contributed by atoms with E-state index in [9.17, 15) is 18.8 Å². The lowest BCUT2D eigenvalue weighted by Gasteiger charge is -2.18. The highest BCUT2D eigenvalue weighted by Gasteiger charge is 2.41. The van der Waals surface area contributed by atoms with Gasteiger partial charge in [-0.05, 0) is 43.9 Å². The number of carbonyl (C=O) groups excluding carboxylic acids is 3. The van der Waals surface area contributed by atoms with Crippen LogP contribution in [-0.4, -0.2) is 17.9 Å². The van der Waals surface area contributed by atoms with Crippen LogP contribution in [0.4, 0.5) is 20.6 Å². The highest BCUT2D eigenvalue weighted by molar-refractivity contribution is 6.34. The van der Waals surface area contributed by atoms with Crippen molar-refractivity contribution in [1.29, 1.82) is 0 Å². The lowest BCUT2D eigenvalue weighted by Crippen LogP contribution is -2.32. The summed E-state index contributed by atoms with van der Waals surface area (Å²) in [6, 6.07) is 10.6. The normalized spacial score (nSPS) is 16.1. The standard InChI is InChI=1S/C21H16ClFN2O4/c22-15-10-16(23)17(25-19(26)13-8-4-5-9-14(13)20(25)27)11-18(15)29-21(28)24-12-6-2-1-3-7-12/h1-3,6-7,10-11H,4-5,8-9H2,(H,24,28). The second-order valence-corrected chi connectivity index (χ2v) is 7.13. The summed E-state index contributed by atoms with van der Waals surface area (Å²) in [6.07, 6.45) is 1.77. The molecule has 4 rings (SSSR count). The molecular weight excluding hydrogens is 399 g/mol. The molecule has 2 aromatic carbocycles. The summed E-state index contributed by atoms with van der Waals surface area (Å²) < 4.78 is 19.8.